The lowest BCUT2D eigenvalue weighted by atomic mass is 9.87. The highest BCUT2D eigenvalue weighted by Gasteiger charge is 2.38. The van der Waals surface area contributed by atoms with Crippen LogP contribution in [0.25, 0.3) is 17.0 Å². The number of pyridine rings is 1. The predicted octanol–water partition coefficient (Wildman–Crippen LogP) is 3.66. The number of ether oxygens (including phenoxy) is 2. The number of likely N-dealkylation sites (N-methyl/N-ethyl adjacent to an activating group) is 1. The molecule has 7 heterocycles. The maximum absolute atomic E-state index is 12.6. The summed E-state index contributed by atoms with van der Waals surface area (Å²) < 4.78 is 14.2. The Hall–Kier alpha value is -5.56. The number of halogens is 1. The Bertz CT molecular complexity index is 2410. The second kappa shape index (κ2) is 17.9. The molecule has 3 saturated heterocycles. The zero-order valence-electron chi connectivity index (χ0n) is 36.1. The van der Waals surface area contributed by atoms with E-state index in [1.165, 1.54) is 7.05 Å². The average molecular weight is 883 g/mol. The normalized spacial score (nSPS) is 23.3. The number of aromatic nitrogens is 5. The van der Waals surface area contributed by atoms with E-state index in [-0.39, 0.29) is 48.3 Å². The number of fused-ring (bicyclic) bond motifs is 2. The highest BCUT2D eigenvalue weighted by atomic mass is 35.5. The van der Waals surface area contributed by atoms with Crippen LogP contribution in [0.4, 0.5) is 29.0 Å². The van der Waals surface area contributed by atoms with E-state index in [0.29, 0.717) is 52.7 Å². The van der Waals surface area contributed by atoms with Gasteiger partial charge in [0.1, 0.15) is 16.6 Å². The first kappa shape index (κ1) is 42.7. The van der Waals surface area contributed by atoms with Crippen LogP contribution in [-0.4, -0.2) is 136 Å². The van der Waals surface area contributed by atoms with Crippen LogP contribution in [0.1, 0.15) is 69.5 Å². The van der Waals surface area contributed by atoms with Crippen LogP contribution in [-0.2, 0) is 30.9 Å². The standard InChI is InChI=1S/C44H55ClN12O6/c1-25(2)57-41-26(18-36(43(57)61)62-24-38(59)46-3)17-27(22-47-41)49-40-34(45)23-48-44(51-40)56-15-13-55(14-16-56)29-19-31(20-29)63-30-9-11-54(12-10-30)28-5-6-32-35(21-28)53(4)52-39(32)33-7-8-37(58)50-42(33)60/h5-6,17-18,21-23,25,29-31,33,43,61H,7-16,19-20,24H2,1-4H3,(H,46,59)(H,48,49,51)(H,50,58,60). The molecule has 19 heteroatoms. The topological polar surface area (TPSA) is 195 Å². The minimum atomic E-state index is -1.09. The average Bonchev–Trinajstić information content (AvgIpc) is 3.59. The molecule has 3 aromatic heterocycles. The molecule has 2 unspecified atom stereocenters. The summed E-state index contributed by atoms with van der Waals surface area (Å²) in [5.74, 6) is 0.708. The van der Waals surface area contributed by atoms with Crippen molar-refractivity contribution >= 4 is 75.3 Å². The van der Waals surface area contributed by atoms with E-state index in [9.17, 15) is 19.5 Å². The largest absolute Gasteiger partial charge is 0.483 e. The molecule has 4 aromatic rings. The molecule has 4 N–H and O–H groups in total. The Morgan fingerprint density at radius 2 is 1.78 bits per heavy atom. The van der Waals surface area contributed by atoms with Gasteiger partial charge in [-0.3, -0.25) is 29.3 Å². The highest BCUT2D eigenvalue weighted by molar-refractivity contribution is 6.32. The van der Waals surface area contributed by atoms with Crippen LogP contribution in [0, 0.1) is 0 Å². The van der Waals surface area contributed by atoms with Gasteiger partial charge >= 0.3 is 0 Å². The van der Waals surface area contributed by atoms with Gasteiger partial charge in [-0.15, -0.1) is 0 Å². The lowest BCUT2D eigenvalue weighted by molar-refractivity contribution is -0.134. The summed E-state index contributed by atoms with van der Waals surface area (Å²) in [5.41, 5.74) is 4.22. The van der Waals surface area contributed by atoms with Gasteiger partial charge in [-0.25, -0.2) is 9.97 Å². The summed E-state index contributed by atoms with van der Waals surface area (Å²) in [6.07, 6.45) is 9.26. The summed E-state index contributed by atoms with van der Waals surface area (Å²) >= 11 is 6.60. The zero-order chi connectivity index (χ0) is 43.9. The molecule has 0 bridgehead atoms. The molecule has 9 rings (SSSR count). The second-order valence-corrected chi connectivity index (χ2v) is 17.7. The minimum absolute atomic E-state index is 0.0969. The Balaban J connectivity index is 0.744. The number of aryl methyl sites for hydroxylation is 1. The van der Waals surface area contributed by atoms with Crippen molar-refractivity contribution in [2.24, 2.45) is 7.05 Å². The molecule has 18 nitrogen and oxygen atoms in total. The van der Waals surface area contributed by atoms with Crippen molar-refractivity contribution in [1.82, 2.24) is 40.3 Å². The van der Waals surface area contributed by atoms with Crippen LogP contribution >= 0.6 is 11.6 Å². The number of nitrogens with one attached hydrogen (secondary N) is 3. The van der Waals surface area contributed by atoms with Crippen LogP contribution in [0.2, 0.25) is 5.02 Å². The third-order valence-corrected chi connectivity index (χ3v) is 13.2. The fraction of sp³-hybridized carbons (Fsp3) is 0.523. The lowest BCUT2D eigenvalue weighted by Gasteiger charge is -2.47. The molecule has 1 aromatic carbocycles. The number of rotatable bonds is 12. The van der Waals surface area contributed by atoms with Gasteiger partial charge in [-0.1, -0.05) is 11.6 Å². The molecule has 0 spiro atoms. The first-order valence-corrected chi connectivity index (χ1v) is 22.3. The molecular weight excluding hydrogens is 828 g/mol. The Labute approximate surface area is 370 Å². The SMILES string of the molecule is CNC(=O)COC1=Cc2cc(Nc3nc(N4CCN(C5CC(OC6CCN(c7ccc8c(C9CCC(=O)NC9=O)nn(C)c8c7)CC6)C5)CC4)ncc3Cl)cnc2N(C(C)C)C1O. The molecular formula is C44H55ClN12O6. The van der Waals surface area contributed by atoms with E-state index >= 15 is 0 Å². The van der Waals surface area contributed by atoms with E-state index in [2.05, 4.69) is 58.8 Å². The first-order valence-electron chi connectivity index (χ1n) is 21.9. The number of piperazine rings is 1. The molecule has 4 fully saturated rings. The fourth-order valence-corrected chi connectivity index (χ4v) is 9.52. The van der Waals surface area contributed by atoms with Crippen molar-refractivity contribution in [3.05, 3.63) is 58.7 Å². The van der Waals surface area contributed by atoms with Gasteiger partial charge in [0.05, 0.1) is 47.4 Å². The number of hydrogen-bond donors (Lipinski definition) is 4. The van der Waals surface area contributed by atoms with Crippen LogP contribution in [0.15, 0.2) is 42.4 Å². The van der Waals surface area contributed by atoms with Crippen LogP contribution < -0.4 is 30.7 Å². The van der Waals surface area contributed by atoms with Crippen molar-refractivity contribution in [2.75, 3.05) is 72.9 Å². The lowest BCUT2D eigenvalue weighted by Crippen LogP contribution is -2.56. The molecule has 2 atom stereocenters. The zero-order valence-corrected chi connectivity index (χ0v) is 36.8. The number of carbonyl (C=O) groups is 3. The highest BCUT2D eigenvalue weighted by Crippen LogP contribution is 2.37. The van der Waals surface area contributed by atoms with Gasteiger partial charge in [0.15, 0.2) is 18.7 Å². The van der Waals surface area contributed by atoms with Gasteiger partial charge in [-0.05, 0) is 76.3 Å². The molecule has 4 aliphatic heterocycles. The van der Waals surface area contributed by atoms with Crippen LogP contribution in [0.3, 0.4) is 0 Å². The number of amides is 3. The summed E-state index contributed by atoms with van der Waals surface area (Å²) in [5, 5.41) is 25.4. The quantitative estimate of drug-likeness (QED) is 0.151. The van der Waals surface area contributed by atoms with Crippen molar-refractivity contribution in [3.63, 3.8) is 0 Å². The number of aliphatic hydroxyl groups is 1. The fourth-order valence-electron chi connectivity index (χ4n) is 9.38. The van der Waals surface area contributed by atoms with Crippen LogP contribution in [0.5, 0.6) is 0 Å². The Kier molecular flexibility index (Phi) is 12.1. The van der Waals surface area contributed by atoms with Gasteiger partial charge < -0.3 is 39.9 Å². The van der Waals surface area contributed by atoms with E-state index in [1.54, 1.807) is 23.4 Å². The minimum Gasteiger partial charge on any atom is -0.483 e. The summed E-state index contributed by atoms with van der Waals surface area (Å²) in [4.78, 5) is 59.1. The van der Waals surface area contributed by atoms with E-state index < -0.39 is 12.1 Å². The smallest absolute Gasteiger partial charge is 0.257 e. The molecule has 0 radical (unpaired) electrons. The molecule has 63 heavy (non-hydrogen) atoms. The molecule has 1 aliphatic carbocycles. The third-order valence-electron chi connectivity index (χ3n) is 13.0. The maximum atomic E-state index is 12.6. The summed E-state index contributed by atoms with van der Waals surface area (Å²) in [6, 6.07) is 8.64. The van der Waals surface area contributed by atoms with Crippen molar-refractivity contribution in [3.8, 4) is 0 Å². The predicted molar refractivity (Wildman–Crippen MR) is 239 cm³/mol. The van der Waals surface area contributed by atoms with Crippen molar-refractivity contribution < 1.29 is 29.0 Å². The summed E-state index contributed by atoms with van der Waals surface area (Å²) in [7, 11) is 3.44. The first-order chi connectivity index (χ1) is 30.4. The number of hydrogen-bond acceptors (Lipinski definition) is 15. The number of nitrogens with zero attached hydrogens (tertiary/aromatic N) is 9. The number of aliphatic hydroxyl groups excluding tert-OH is 1. The molecule has 1 saturated carbocycles. The third kappa shape index (κ3) is 8.86. The van der Waals surface area contributed by atoms with Gasteiger partial charge in [0, 0.05) is 88.5 Å². The van der Waals surface area contributed by atoms with Gasteiger partial charge in [0.2, 0.25) is 17.8 Å². The van der Waals surface area contributed by atoms with Crippen molar-refractivity contribution in [1.29, 1.82) is 0 Å². The number of imide groups is 1. The summed E-state index contributed by atoms with van der Waals surface area (Å²) in [6.45, 7) is 8.91. The monoisotopic (exact) mass is 882 g/mol. The van der Waals surface area contributed by atoms with Gasteiger partial charge in [0.25, 0.3) is 5.91 Å². The molecule has 3 amide bonds. The molecule has 334 valence electrons. The van der Waals surface area contributed by atoms with E-state index in [0.717, 1.165) is 87.2 Å². The Morgan fingerprint density at radius 1 is 1.00 bits per heavy atom. The van der Waals surface area contributed by atoms with Gasteiger partial charge in [-0.2, -0.15) is 10.1 Å². The Morgan fingerprint density at radius 3 is 2.51 bits per heavy atom. The van der Waals surface area contributed by atoms with Crippen molar-refractivity contribution in [2.45, 2.75) is 88.8 Å². The number of anilines is 5. The van der Waals surface area contributed by atoms with E-state index in [1.807, 2.05) is 31.6 Å². The number of benzene rings is 1. The number of carbonyl (C=O) groups excluding carboxylic acids is 3. The molecule has 5 aliphatic rings. The second-order valence-electron chi connectivity index (χ2n) is 17.3. The maximum Gasteiger partial charge on any atom is 0.257 e. The number of piperidine rings is 2. The van der Waals surface area contributed by atoms with E-state index in [4.69, 9.17) is 31.2 Å².